The van der Waals surface area contributed by atoms with Gasteiger partial charge in [-0.2, -0.15) is 0 Å². The maximum atomic E-state index is 11.9. The highest BCUT2D eigenvalue weighted by Crippen LogP contribution is 2.19. The molecule has 11 heteroatoms. The predicted octanol–water partition coefficient (Wildman–Crippen LogP) is 1.67. The van der Waals surface area contributed by atoms with Crippen molar-refractivity contribution in [1.82, 2.24) is 16.0 Å². The number of carbonyl (C=O) groups excluding carboxylic acids is 1. The number of guanidine groups is 1. The van der Waals surface area contributed by atoms with Gasteiger partial charge in [0.05, 0.1) is 19.0 Å². The summed E-state index contributed by atoms with van der Waals surface area (Å²) in [4.78, 5) is 16.1. The minimum Gasteiger partial charge on any atom is -0.444 e. The lowest BCUT2D eigenvalue weighted by molar-refractivity contribution is 0.0490. The van der Waals surface area contributed by atoms with Crippen molar-refractivity contribution in [1.29, 1.82) is 0 Å². The number of ether oxygens (including phenoxy) is 2. The molecule has 0 aliphatic heterocycles. The smallest absolute Gasteiger partial charge is 0.407 e. The third-order valence-electron chi connectivity index (χ3n) is 4.15. The summed E-state index contributed by atoms with van der Waals surface area (Å²) < 4.78 is 32.7. The third kappa shape index (κ3) is 14.8. The summed E-state index contributed by atoms with van der Waals surface area (Å²) >= 11 is 0. The highest BCUT2D eigenvalue weighted by Gasteiger charge is 2.25. The lowest BCUT2D eigenvalue weighted by Crippen LogP contribution is -2.48. The van der Waals surface area contributed by atoms with Crippen LogP contribution in [-0.4, -0.2) is 77.0 Å². The van der Waals surface area contributed by atoms with Gasteiger partial charge in [-0.25, -0.2) is 13.2 Å². The van der Waals surface area contributed by atoms with Crippen LogP contribution in [-0.2, 0) is 19.3 Å². The molecular weight excluding hydrogens is 511 g/mol. The van der Waals surface area contributed by atoms with E-state index in [0.717, 1.165) is 25.7 Å². The molecule has 1 aliphatic carbocycles. The van der Waals surface area contributed by atoms with Gasteiger partial charge in [-0.3, -0.25) is 4.99 Å². The Bertz CT molecular complexity index is 614. The molecule has 1 aliphatic rings. The van der Waals surface area contributed by atoms with E-state index in [1.807, 2.05) is 20.8 Å². The van der Waals surface area contributed by atoms with Crippen molar-refractivity contribution in [3.05, 3.63) is 0 Å². The highest BCUT2D eigenvalue weighted by atomic mass is 127. The average molecular weight is 548 g/mol. The number of sulfone groups is 1. The van der Waals surface area contributed by atoms with Gasteiger partial charge in [-0.1, -0.05) is 0 Å². The molecule has 1 rings (SSSR count). The van der Waals surface area contributed by atoms with E-state index in [1.54, 1.807) is 7.05 Å². The zero-order valence-corrected chi connectivity index (χ0v) is 21.3. The van der Waals surface area contributed by atoms with Crippen molar-refractivity contribution in [2.75, 3.05) is 38.8 Å². The number of amides is 1. The SMILES string of the molecule is CN=C(NCCOCCS(C)(=O)=O)NC1CCC(NC(=O)OC(C)(C)C)CC1.I. The quantitative estimate of drug-likeness (QED) is 0.183. The fourth-order valence-electron chi connectivity index (χ4n) is 2.80. The topological polar surface area (TPSA) is 118 Å². The number of halogens is 1. The third-order valence-corrected chi connectivity index (χ3v) is 5.06. The number of hydrogen-bond acceptors (Lipinski definition) is 6. The first-order chi connectivity index (χ1) is 13.0. The van der Waals surface area contributed by atoms with Crippen LogP contribution in [0.3, 0.4) is 0 Å². The molecule has 3 N–H and O–H groups in total. The summed E-state index contributed by atoms with van der Waals surface area (Å²) in [6, 6.07) is 0.417. The van der Waals surface area contributed by atoms with Crippen LogP contribution in [0.15, 0.2) is 4.99 Å². The van der Waals surface area contributed by atoms with E-state index in [-0.39, 0.29) is 54.5 Å². The zero-order valence-electron chi connectivity index (χ0n) is 18.1. The fraction of sp³-hybridized carbons (Fsp3) is 0.889. The second kappa shape index (κ2) is 13.5. The van der Waals surface area contributed by atoms with Crippen LogP contribution in [0, 0.1) is 0 Å². The first-order valence-electron chi connectivity index (χ1n) is 9.70. The molecular formula is C18H37IN4O5S. The van der Waals surface area contributed by atoms with Gasteiger partial charge in [0.1, 0.15) is 15.4 Å². The van der Waals surface area contributed by atoms with Gasteiger partial charge >= 0.3 is 6.09 Å². The first-order valence-corrected chi connectivity index (χ1v) is 11.8. The van der Waals surface area contributed by atoms with Crippen molar-refractivity contribution in [2.24, 2.45) is 4.99 Å². The van der Waals surface area contributed by atoms with E-state index in [1.165, 1.54) is 6.26 Å². The molecule has 0 aromatic rings. The zero-order chi connectivity index (χ0) is 21.2. The van der Waals surface area contributed by atoms with Crippen molar-refractivity contribution in [2.45, 2.75) is 64.1 Å². The monoisotopic (exact) mass is 548 g/mol. The van der Waals surface area contributed by atoms with Gasteiger partial charge < -0.3 is 25.4 Å². The molecule has 0 radical (unpaired) electrons. The van der Waals surface area contributed by atoms with Crippen LogP contribution in [0.2, 0.25) is 0 Å². The molecule has 1 fully saturated rings. The summed E-state index contributed by atoms with van der Waals surface area (Å²) in [6.45, 7) is 6.69. The molecule has 1 amide bonds. The van der Waals surface area contributed by atoms with Gasteiger partial charge in [0.2, 0.25) is 0 Å². The summed E-state index contributed by atoms with van der Waals surface area (Å²) in [5.41, 5.74) is -0.491. The molecule has 1 saturated carbocycles. The van der Waals surface area contributed by atoms with Gasteiger partial charge in [-0.15, -0.1) is 24.0 Å². The van der Waals surface area contributed by atoms with Crippen molar-refractivity contribution >= 4 is 45.9 Å². The van der Waals surface area contributed by atoms with Crippen LogP contribution in [0.25, 0.3) is 0 Å². The van der Waals surface area contributed by atoms with Crippen LogP contribution < -0.4 is 16.0 Å². The Morgan fingerprint density at radius 3 is 2.10 bits per heavy atom. The standard InChI is InChI=1S/C18H36N4O5S.HI/c1-18(2,3)27-17(23)22-15-8-6-14(7-9-15)21-16(19-4)20-10-11-26-12-13-28(5,24)25;/h14-15H,6-13H2,1-5H3,(H,22,23)(H2,19,20,21);1H. The molecule has 0 atom stereocenters. The molecule has 29 heavy (non-hydrogen) atoms. The Hall–Kier alpha value is -0.820. The number of carbonyl (C=O) groups is 1. The Labute approximate surface area is 192 Å². The average Bonchev–Trinajstić information content (AvgIpc) is 2.55. The molecule has 0 aromatic carbocycles. The van der Waals surface area contributed by atoms with E-state index < -0.39 is 15.4 Å². The number of rotatable bonds is 8. The van der Waals surface area contributed by atoms with Gasteiger partial charge in [0.15, 0.2) is 5.96 Å². The van der Waals surface area contributed by atoms with E-state index in [0.29, 0.717) is 19.1 Å². The van der Waals surface area contributed by atoms with E-state index in [9.17, 15) is 13.2 Å². The molecule has 0 aromatic heterocycles. The normalized spacial score (nSPS) is 20.4. The van der Waals surface area contributed by atoms with Crippen LogP contribution in [0.5, 0.6) is 0 Å². The predicted molar refractivity (Wildman–Crippen MR) is 126 cm³/mol. The Morgan fingerprint density at radius 1 is 1.07 bits per heavy atom. The summed E-state index contributed by atoms with van der Waals surface area (Å²) in [6.07, 6.45) is 4.43. The summed E-state index contributed by atoms with van der Waals surface area (Å²) in [5.74, 6) is 0.718. The maximum absolute atomic E-state index is 11.9. The van der Waals surface area contributed by atoms with E-state index in [4.69, 9.17) is 9.47 Å². The lowest BCUT2D eigenvalue weighted by Gasteiger charge is -2.31. The Morgan fingerprint density at radius 2 is 1.62 bits per heavy atom. The van der Waals surface area contributed by atoms with Crippen LogP contribution in [0.1, 0.15) is 46.5 Å². The number of alkyl carbamates (subject to hydrolysis) is 1. The molecule has 0 saturated heterocycles. The highest BCUT2D eigenvalue weighted by molar-refractivity contribution is 14.0. The van der Waals surface area contributed by atoms with Crippen LogP contribution >= 0.6 is 24.0 Å². The molecule has 0 unspecified atom stereocenters. The summed E-state index contributed by atoms with van der Waals surface area (Å²) in [5, 5.41) is 9.47. The summed E-state index contributed by atoms with van der Waals surface area (Å²) in [7, 11) is -1.28. The second-order valence-corrected chi connectivity index (χ2v) is 10.3. The van der Waals surface area contributed by atoms with Crippen LogP contribution in [0.4, 0.5) is 4.79 Å². The van der Waals surface area contributed by atoms with Crippen molar-refractivity contribution in [3.8, 4) is 0 Å². The number of aliphatic imine (C=N–C) groups is 1. The minimum absolute atomic E-state index is 0. The molecule has 9 nitrogen and oxygen atoms in total. The number of hydrogen-bond donors (Lipinski definition) is 3. The van der Waals surface area contributed by atoms with Gasteiger partial charge in [-0.05, 0) is 46.5 Å². The van der Waals surface area contributed by atoms with Gasteiger partial charge in [0.25, 0.3) is 0 Å². The van der Waals surface area contributed by atoms with Crippen molar-refractivity contribution in [3.63, 3.8) is 0 Å². The molecule has 0 bridgehead atoms. The van der Waals surface area contributed by atoms with Crippen molar-refractivity contribution < 1.29 is 22.7 Å². The first kappa shape index (κ1) is 28.2. The fourth-order valence-corrected chi connectivity index (χ4v) is 3.22. The van der Waals surface area contributed by atoms with E-state index in [2.05, 4.69) is 20.9 Å². The van der Waals surface area contributed by atoms with E-state index >= 15 is 0 Å². The molecule has 172 valence electrons. The Kier molecular flexibility index (Phi) is 13.1. The van der Waals surface area contributed by atoms with Gasteiger partial charge in [0, 0.05) is 31.9 Å². The second-order valence-electron chi connectivity index (χ2n) is 8.08. The maximum Gasteiger partial charge on any atom is 0.407 e. The Balaban J connectivity index is 0.00000784. The number of nitrogens with one attached hydrogen (secondary N) is 3. The largest absolute Gasteiger partial charge is 0.444 e. The minimum atomic E-state index is -2.99. The molecule has 0 heterocycles. The number of nitrogens with zero attached hydrogens (tertiary/aromatic N) is 1. The lowest BCUT2D eigenvalue weighted by atomic mass is 9.91. The molecule has 0 spiro atoms.